The fraction of sp³-hybridized carbons (Fsp3) is 0.231. The van der Waals surface area contributed by atoms with Crippen LogP contribution in [0.2, 0.25) is 0 Å². The van der Waals surface area contributed by atoms with Crippen LogP contribution in [0.15, 0.2) is 38.6 Å². The van der Waals surface area contributed by atoms with Crippen LogP contribution in [-0.4, -0.2) is 7.05 Å². The lowest BCUT2D eigenvalue weighted by atomic mass is 10.0. The second-order valence-corrected chi connectivity index (χ2v) is 6.68. The van der Waals surface area contributed by atoms with Crippen molar-refractivity contribution < 1.29 is 4.39 Å². The second-order valence-electron chi connectivity index (χ2n) is 3.91. The van der Waals surface area contributed by atoms with Gasteiger partial charge in [-0.1, -0.05) is 22.0 Å². The van der Waals surface area contributed by atoms with Gasteiger partial charge in [0.2, 0.25) is 0 Å². The quantitative estimate of drug-likeness (QED) is 0.778. The van der Waals surface area contributed by atoms with Gasteiger partial charge in [0.1, 0.15) is 5.82 Å². The van der Waals surface area contributed by atoms with Gasteiger partial charge in [-0.3, -0.25) is 0 Å². The number of hydrogen-bond donors (Lipinski definition) is 1. The van der Waals surface area contributed by atoms with E-state index in [1.54, 1.807) is 17.4 Å². The second kappa shape index (κ2) is 6.28. The Morgan fingerprint density at radius 3 is 2.72 bits per heavy atom. The lowest BCUT2D eigenvalue weighted by Crippen LogP contribution is -2.20. The maximum absolute atomic E-state index is 13.9. The molecule has 0 fully saturated rings. The first kappa shape index (κ1) is 14.2. The van der Waals surface area contributed by atoms with Crippen LogP contribution in [0.25, 0.3) is 0 Å². The Hall–Kier alpha value is -0.230. The third-order valence-electron chi connectivity index (χ3n) is 2.72. The zero-order valence-electron chi connectivity index (χ0n) is 9.71. The molecule has 0 aliphatic carbocycles. The molecule has 1 aromatic carbocycles. The molecule has 1 aromatic heterocycles. The molecule has 0 saturated heterocycles. The highest BCUT2D eigenvalue weighted by atomic mass is 79.9. The van der Waals surface area contributed by atoms with Crippen LogP contribution in [0.3, 0.4) is 0 Å². The first-order valence-electron chi connectivity index (χ1n) is 5.46. The summed E-state index contributed by atoms with van der Waals surface area (Å²) in [4.78, 5) is 1.22. The van der Waals surface area contributed by atoms with Crippen molar-refractivity contribution in [1.29, 1.82) is 0 Å². The Labute approximate surface area is 127 Å². The molecule has 1 atom stereocenters. The minimum Gasteiger partial charge on any atom is -0.313 e. The molecular weight excluding hydrogens is 381 g/mol. The van der Waals surface area contributed by atoms with Gasteiger partial charge in [0.15, 0.2) is 0 Å². The molecule has 1 heterocycles. The van der Waals surface area contributed by atoms with Gasteiger partial charge in [-0.15, -0.1) is 11.3 Å². The lowest BCUT2D eigenvalue weighted by Gasteiger charge is -2.18. The zero-order chi connectivity index (χ0) is 13.1. The first-order chi connectivity index (χ1) is 8.61. The molecule has 96 valence electrons. The van der Waals surface area contributed by atoms with Crippen LogP contribution in [0, 0.1) is 5.82 Å². The summed E-state index contributed by atoms with van der Waals surface area (Å²) in [6.07, 6.45) is 0.770. The minimum atomic E-state index is -0.181. The highest BCUT2D eigenvalue weighted by Crippen LogP contribution is 2.30. The molecule has 0 bridgehead atoms. The van der Waals surface area contributed by atoms with E-state index in [0.29, 0.717) is 5.56 Å². The fourth-order valence-electron chi connectivity index (χ4n) is 1.85. The Bertz CT molecular complexity index is 521. The van der Waals surface area contributed by atoms with Crippen molar-refractivity contribution in [3.8, 4) is 0 Å². The average Bonchev–Trinajstić information content (AvgIpc) is 2.73. The standard InChI is InChI=1S/C13H12Br2FNS/c1-17-12(6-9-5-8(14)7-18-9)13-10(15)3-2-4-11(13)16/h2-5,7,12,17H,6H2,1H3. The highest BCUT2D eigenvalue weighted by Gasteiger charge is 2.18. The molecule has 0 saturated carbocycles. The molecular formula is C13H12Br2FNS. The maximum Gasteiger partial charge on any atom is 0.129 e. The van der Waals surface area contributed by atoms with E-state index in [9.17, 15) is 4.39 Å². The topological polar surface area (TPSA) is 12.0 Å². The van der Waals surface area contributed by atoms with E-state index in [1.165, 1.54) is 10.9 Å². The van der Waals surface area contributed by atoms with E-state index < -0.39 is 0 Å². The highest BCUT2D eigenvalue weighted by molar-refractivity contribution is 9.10. The van der Waals surface area contributed by atoms with Gasteiger partial charge < -0.3 is 5.32 Å². The molecule has 0 spiro atoms. The van der Waals surface area contributed by atoms with Crippen molar-refractivity contribution in [3.63, 3.8) is 0 Å². The molecule has 1 N–H and O–H groups in total. The zero-order valence-corrected chi connectivity index (χ0v) is 13.7. The molecule has 0 aliphatic heterocycles. The number of hydrogen-bond acceptors (Lipinski definition) is 2. The summed E-state index contributed by atoms with van der Waals surface area (Å²) < 4.78 is 15.8. The Morgan fingerprint density at radius 1 is 1.39 bits per heavy atom. The number of benzene rings is 1. The number of thiophene rings is 1. The number of nitrogens with one attached hydrogen (secondary N) is 1. The molecule has 0 amide bonds. The van der Waals surface area contributed by atoms with Crippen molar-refractivity contribution >= 4 is 43.2 Å². The van der Waals surface area contributed by atoms with E-state index in [-0.39, 0.29) is 11.9 Å². The first-order valence-corrected chi connectivity index (χ1v) is 7.92. The van der Waals surface area contributed by atoms with Gasteiger partial charge in [-0.05, 0) is 41.2 Å². The molecule has 2 aromatic rings. The van der Waals surface area contributed by atoms with Crippen LogP contribution in [0.5, 0.6) is 0 Å². The molecule has 18 heavy (non-hydrogen) atoms. The van der Waals surface area contributed by atoms with Crippen LogP contribution in [-0.2, 0) is 6.42 Å². The Balaban J connectivity index is 2.28. The van der Waals surface area contributed by atoms with Gasteiger partial charge in [0, 0.05) is 37.2 Å². The predicted octanol–water partition coefficient (Wildman–Crippen LogP) is 4.92. The van der Waals surface area contributed by atoms with Crippen LogP contribution < -0.4 is 5.32 Å². The van der Waals surface area contributed by atoms with Gasteiger partial charge in [0.05, 0.1) is 0 Å². The van der Waals surface area contributed by atoms with Crippen molar-refractivity contribution in [2.24, 2.45) is 0 Å². The van der Waals surface area contributed by atoms with Crippen LogP contribution >= 0.6 is 43.2 Å². The van der Waals surface area contributed by atoms with Crippen molar-refractivity contribution in [1.82, 2.24) is 5.32 Å². The molecule has 0 radical (unpaired) electrons. The van der Waals surface area contributed by atoms with Crippen molar-refractivity contribution in [3.05, 3.63) is 54.8 Å². The molecule has 1 unspecified atom stereocenters. The number of halogens is 3. The normalized spacial score (nSPS) is 12.7. The molecule has 2 rings (SSSR count). The fourth-order valence-corrected chi connectivity index (χ4v) is 3.97. The predicted molar refractivity (Wildman–Crippen MR) is 81.6 cm³/mol. The summed E-state index contributed by atoms with van der Waals surface area (Å²) in [6.45, 7) is 0. The smallest absolute Gasteiger partial charge is 0.129 e. The monoisotopic (exact) mass is 391 g/mol. The largest absolute Gasteiger partial charge is 0.313 e. The maximum atomic E-state index is 13.9. The summed E-state index contributed by atoms with van der Waals surface area (Å²) in [5.74, 6) is -0.181. The lowest BCUT2D eigenvalue weighted by molar-refractivity contribution is 0.534. The number of rotatable bonds is 4. The summed E-state index contributed by atoms with van der Waals surface area (Å²) >= 11 is 8.53. The van der Waals surface area contributed by atoms with Gasteiger partial charge in [0.25, 0.3) is 0 Å². The van der Waals surface area contributed by atoms with E-state index in [0.717, 1.165) is 15.4 Å². The van der Waals surface area contributed by atoms with Crippen molar-refractivity contribution in [2.75, 3.05) is 7.05 Å². The Kier molecular flexibility index (Phi) is 4.95. The summed E-state index contributed by atoms with van der Waals surface area (Å²) in [7, 11) is 1.85. The van der Waals surface area contributed by atoms with Gasteiger partial charge in [-0.25, -0.2) is 4.39 Å². The average molecular weight is 393 g/mol. The van der Waals surface area contributed by atoms with E-state index in [2.05, 4.69) is 43.2 Å². The van der Waals surface area contributed by atoms with Gasteiger partial charge >= 0.3 is 0 Å². The third kappa shape index (κ3) is 3.20. The number of likely N-dealkylation sites (N-methyl/N-ethyl adjacent to an activating group) is 1. The van der Waals surface area contributed by atoms with Crippen LogP contribution in [0.1, 0.15) is 16.5 Å². The molecule has 5 heteroatoms. The Morgan fingerprint density at radius 2 is 2.17 bits per heavy atom. The van der Waals surface area contributed by atoms with Crippen LogP contribution in [0.4, 0.5) is 4.39 Å². The van der Waals surface area contributed by atoms with Crippen molar-refractivity contribution in [2.45, 2.75) is 12.5 Å². The van der Waals surface area contributed by atoms with E-state index in [1.807, 2.05) is 18.5 Å². The molecule has 1 nitrogen and oxygen atoms in total. The molecule has 0 aliphatic rings. The van der Waals surface area contributed by atoms with E-state index in [4.69, 9.17) is 0 Å². The minimum absolute atomic E-state index is 0.0360. The third-order valence-corrected chi connectivity index (χ3v) is 5.14. The van der Waals surface area contributed by atoms with Gasteiger partial charge in [-0.2, -0.15) is 0 Å². The summed E-state index contributed by atoms with van der Waals surface area (Å²) in [5, 5.41) is 5.22. The summed E-state index contributed by atoms with van der Waals surface area (Å²) in [6, 6.07) is 7.11. The summed E-state index contributed by atoms with van der Waals surface area (Å²) in [5.41, 5.74) is 0.685. The van der Waals surface area contributed by atoms with E-state index >= 15 is 0 Å². The SMILES string of the molecule is CNC(Cc1cc(Br)cs1)c1c(F)cccc1Br.